The molecular formula is C13H26O7. The number of carbonyl (C=O) groups is 1. The predicted molar refractivity (Wildman–Crippen MR) is 70.6 cm³/mol. The average Bonchev–Trinajstić information content (AvgIpc) is 2.44. The van der Waals surface area contributed by atoms with Crippen molar-refractivity contribution in [2.45, 2.75) is 70.1 Å². The van der Waals surface area contributed by atoms with Crippen LogP contribution in [-0.2, 0) is 9.53 Å². The van der Waals surface area contributed by atoms with Gasteiger partial charge in [-0.2, -0.15) is 0 Å². The van der Waals surface area contributed by atoms with Crippen LogP contribution in [0.4, 0.5) is 0 Å². The van der Waals surface area contributed by atoms with Crippen molar-refractivity contribution in [3.63, 3.8) is 0 Å². The summed E-state index contributed by atoms with van der Waals surface area (Å²) in [5.41, 5.74) is 0. The maximum Gasteiger partial charge on any atom is 0.308 e. The van der Waals surface area contributed by atoms with Crippen molar-refractivity contribution in [3.8, 4) is 0 Å². The standard InChI is InChI=1S/C13H26O7/c1-2-3-4-5-6-7-10(16)20-13(19)12(18)11(17)9(15)8-14/h9,11-15,17-19H,2-8H2,1H3/t9-,11-,12+,13?/m1/s1. The van der Waals surface area contributed by atoms with Gasteiger partial charge in [-0.25, -0.2) is 0 Å². The Balaban J connectivity index is 3.93. The van der Waals surface area contributed by atoms with E-state index in [-0.39, 0.29) is 6.42 Å². The molecule has 1 unspecified atom stereocenters. The van der Waals surface area contributed by atoms with E-state index in [0.29, 0.717) is 6.42 Å². The van der Waals surface area contributed by atoms with E-state index >= 15 is 0 Å². The molecule has 7 nitrogen and oxygen atoms in total. The summed E-state index contributed by atoms with van der Waals surface area (Å²) in [5.74, 6) is -0.682. The number of ether oxygens (including phenoxy) is 1. The molecule has 0 fully saturated rings. The Morgan fingerprint density at radius 1 is 1.00 bits per heavy atom. The topological polar surface area (TPSA) is 127 Å². The molecule has 120 valence electrons. The van der Waals surface area contributed by atoms with Gasteiger partial charge < -0.3 is 30.3 Å². The second-order valence-electron chi connectivity index (χ2n) is 4.78. The van der Waals surface area contributed by atoms with Crippen LogP contribution in [0.2, 0.25) is 0 Å². The molecule has 4 atom stereocenters. The number of hydrogen-bond acceptors (Lipinski definition) is 7. The SMILES string of the molecule is CCCCCCCC(=O)OC(O)[C@@H](O)[C@H](O)[C@H](O)CO. The van der Waals surface area contributed by atoms with Crippen LogP contribution in [0.3, 0.4) is 0 Å². The lowest BCUT2D eigenvalue weighted by Gasteiger charge is -2.25. The Hall–Kier alpha value is -0.730. The fourth-order valence-electron chi connectivity index (χ4n) is 1.64. The molecule has 0 saturated carbocycles. The van der Waals surface area contributed by atoms with Crippen LogP contribution in [-0.4, -0.2) is 62.7 Å². The molecule has 0 spiro atoms. The first kappa shape index (κ1) is 19.3. The van der Waals surface area contributed by atoms with E-state index in [4.69, 9.17) is 10.2 Å². The summed E-state index contributed by atoms with van der Waals surface area (Å²) in [4.78, 5) is 11.4. The number of carbonyl (C=O) groups excluding carboxylic acids is 1. The Labute approximate surface area is 118 Å². The van der Waals surface area contributed by atoms with Crippen LogP contribution >= 0.6 is 0 Å². The second kappa shape index (κ2) is 11.0. The quantitative estimate of drug-likeness (QED) is 0.193. The number of unbranched alkanes of at least 4 members (excludes halogenated alkanes) is 4. The van der Waals surface area contributed by atoms with E-state index in [0.717, 1.165) is 25.7 Å². The lowest BCUT2D eigenvalue weighted by Crippen LogP contribution is -2.47. The van der Waals surface area contributed by atoms with Gasteiger partial charge >= 0.3 is 5.97 Å². The average molecular weight is 294 g/mol. The fourth-order valence-corrected chi connectivity index (χ4v) is 1.64. The molecule has 0 aromatic rings. The highest BCUT2D eigenvalue weighted by molar-refractivity contribution is 5.69. The van der Waals surface area contributed by atoms with Crippen molar-refractivity contribution in [1.82, 2.24) is 0 Å². The predicted octanol–water partition coefficient (Wildman–Crippen LogP) is -0.716. The lowest BCUT2D eigenvalue weighted by molar-refractivity contribution is -0.209. The van der Waals surface area contributed by atoms with Crippen molar-refractivity contribution in [1.29, 1.82) is 0 Å². The zero-order valence-electron chi connectivity index (χ0n) is 11.8. The molecule has 7 heteroatoms. The summed E-state index contributed by atoms with van der Waals surface area (Å²) < 4.78 is 4.55. The molecule has 0 saturated heterocycles. The van der Waals surface area contributed by atoms with Crippen molar-refractivity contribution >= 4 is 5.97 Å². The highest BCUT2D eigenvalue weighted by Gasteiger charge is 2.32. The zero-order chi connectivity index (χ0) is 15.5. The van der Waals surface area contributed by atoms with Gasteiger partial charge in [0, 0.05) is 6.42 Å². The van der Waals surface area contributed by atoms with Crippen LogP contribution in [0.15, 0.2) is 0 Å². The Kier molecular flexibility index (Phi) is 10.6. The van der Waals surface area contributed by atoms with E-state index in [9.17, 15) is 20.1 Å². The number of rotatable bonds is 11. The molecule has 0 aromatic heterocycles. The molecule has 5 N–H and O–H groups in total. The molecule has 20 heavy (non-hydrogen) atoms. The van der Waals surface area contributed by atoms with Gasteiger partial charge in [0.1, 0.15) is 18.3 Å². The van der Waals surface area contributed by atoms with Crippen molar-refractivity contribution in [3.05, 3.63) is 0 Å². The van der Waals surface area contributed by atoms with Gasteiger partial charge in [0.05, 0.1) is 6.61 Å². The Morgan fingerprint density at radius 2 is 1.60 bits per heavy atom. The molecule has 0 heterocycles. The summed E-state index contributed by atoms with van der Waals surface area (Å²) in [5, 5.41) is 45.8. The molecule has 0 aromatic carbocycles. The second-order valence-corrected chi connectivity index (χ2v) is 4.78. The van der Waals surface area contributed by atoms with Crippen molar-refractivity contribution in [2.24, 2.45) is 0 Å². The number of hydrogen-bond donors (Lipinski definition) is 5. The van der Waals surface area contributed by atoms with E-state index < -0.39 is 37.2 Å². The summed E-state index contributed by atoms with van der Waals surface area (Å²) in [6, 6.07) is 0. The Bertz CT molecular complexity index is 259. The molecule has 0 aliphatic rings. The van der Waals surface area contributed by atoms with Crippen LogP contribution in [0, 0.1) is 0 Å². The van der Waals surface area contributed by atoms with Crippen LogP contribution < -0.4 is 0 Å². The number of aliphatic hydroxyl groups excluding tert-OH is 5. The monoisotopic (exact) mass is 294 g/mol. The van der Waals surface area contributed by atoms with Gasteiger partial charge in [-0.15, -0.1) is 0 Å². The molecule has 0 bridgehead atoms. The minimum Gasteiger partial charge on any atom is -0.433 e. The third-order valence-corrected chi connectivity index (χ3v) is 2.96. The highest BCUT2D eigenvalue weighted by Crippen LogP contribution is 2.10. The van der Waals surface area contributed by atoms with Gasteiger partial charge in [0.25, 0.3) is 0 Å². The van der Waals surface area contributed by atoms with Gasteiger partial charge in [-0.05, 0) is 6.42 Å². The molecule has 0 rings (SSSR count). The third kappa shape index (κ3) is 7.76. The largest absolute Gasteiger partial charge is 0.433 e. The third-order valence-electron chi connectivity index (χ3n) is 2.96. The smallest absolute Gasteiger partial charge is 0.308 e. The lowest BCUT2D eigenvalue weighted by atomic mass is 10.1. The van der Waals surface area contributed by atoms with E-state index in [1.807, 2.05) is 0 Å². The van der Waals surface area contributed by atoms with E-state index in [1.54, 1.807) is 0 Å². The van der Waals surface area contributed by atoms with E-state index in [1.165, 1.54) is 0 Å². The fraction of sp³-hybridized carbons (Fsp3) is 0.923. The van der Waals surface area contributed by atoms with E-state index in [2.05, 4.69) is 11.7 Å². The molecule has 0 aliphatic heterocycles. The molecule has 0 aliphatic carbocycles. The zero-order valence-corrected chi connectivity index (χ0v) is 11.8. The maximum atomic E-state index is 11.4. The van der Waals surface area contributed by atoms with Gasteiger partial charge in [-0.1, -0.05) is 32.6 Å². The van der Waals surface area contributed by atoms with Crippen molar-refractivity contribution in [2.75, 3.05) is 6.61 Å². The Morgan fingerprint density at radius 3 is 2.15 bits per heavy atom. The normalized spacial score (nSPS) is 17.3. The van der Waals surface area contributed by atoms with Crippen LogP contribution in [0.25, 0.3) is 0 Å². The number of aliphatic hydroxyl groups is 5. The summed E-state index contributed by atoms with van der Waals surface area (Å²) in [6.45, 7) is 1.30. The minimum absolute atomic E-state index is 0.117. The first-order chi connectivity index (χ1) is 9.43. The summed E-state index contributed by atoms with van der Waals surface area (Å²) in [7, 11) is 0. The molecule has 0 amide bonds. The van der Waals surface area contributed by atoms with Crippen molar-refractivity contribution < 1.29 is 35.1 Å². The van der Waals surface area contributed by atoms with Gasteiger partial charge in [0.2, 0.25) is 6.29 Å². The highest BCUT2D eigenvalue weighted by atomic mass is 16.6. The first-order valence-corrected chi connectivity index (χ1v) is 6.96. The van der Waals surface area contributed by atoms with Crippen LogP contribution in [0.5, 0.6) is 0 Å². The molecule has 0 radical (unpaired) electrons. The molecular weight excluding hydrogens is 268 g/mol. The number of esters is 1. The first-order valence-electron chi connectivity index (χ1n) is 6.96. The van der Waals surface area contributed by atoms with Gasteiger partial charge in [0.15, 0.2) is 0 Å². The summed E-state index contributed by atoms with van der Waals surface area (Å²) in [6.07, 6.45) is -2.38. The minimum atomic E-state index is -1.94. The maximum absolute atomic E-state index is 11.4. The summed E-state index contributed by atoms with van der Waals surface area (Å²) >= 11 is 0. The van der Waals surface area contributed by atoms with Crippen LogP contribution in [0.1, 0.15) is 45.4 Å². The van der Waals surface area contributed by atoms with Gasteiger partial charge in [-0.3, -0.25) is 4.79 Å².